The van der Waals surface area contributed by atoms with E-state index in [1.165, 1.54) is 4.90 Å². The van der Waals surface area contributed by atoms with Crippen LogP contribution in [0.3, 0.4) is 0 Å². The number of β-amino-alcohol motifs (C(OH)–C–C–N with tert-alkyl or cyclic N) is 1. The lowest BCUT2D eigenvalue weighted by Crippen LogP contribution is -2.48. The zero-order chi connectivity index (χ0) is 21.1. The van der Waals surface area contributed by atoms with Crippen molar-refractivity contribution >= 4 is 23.1 Å². The Balaban J connectivity index is 1.70. The zero-order valence-electron chi connectivity index (χ0n) is 17.0. The van der Waals surface area contributed by atoms with Crippen LogP contribution in [0.1, 0.15) is 5.56 Å². The van der Waals surface area contributed by atoms with Crippen LogP contribution < -0.4 is 9.64 Å². The Kier molecular flexibility index (Phi) is 5.83. The van der Waals surface area contributed by atoms with Gasteiger partial charge in [-0.3, -0.25) is 14.5 Å². The van der Waals surface area contributed by atoms with Crippen LogP contribution in [0.15, 0.2) is 60.3 Å². The number of amides is 2. The highest BCUT2D eigenvalue weighted by atomic mass is 16.5. The summed E-state index contributed by atoms with van der Waals surface area (Å²) in [6, 6.07) is 16.3. The van der Waals surface area contributed by atoms with Crippen LogP contribution in [0.4, 0.5) is 5.69 Å². The van der Waals surface area contributed by atoms with Crippen molar-refractivity contribution in [2.24, 2.45) is 0 Å². The monoisotopic (exact) mass is 407 g/mol. The first-order valence-electron chi connectivity index (χ1n) is 10.0. The number of carbonyl (C=O) groups is 2. The second-order valence-corrected chi connectivity index (χ2v) is 7.29. The molecule has 7 nitrogen and oxygen atoms in total. The zero-order valence-corrected chi connectivity index (χ0v) is 17.0. The number of methoxy groups -OCH3 is 1. The Morgan fingerprint density at radius 2 is 1.57 bits per heavy atom. The number of nitrogens with zero attached hydrogens (tertiary/aromatic N) is 3. The third kappa shape index (κ3) is 3.69. The van der Waals surface area contributed by atoms with E-state index in [4.69, 9.17) is 4.74 Å². The van der Waals surface area contributed by atoms with Gasteiger partial charge in [-0.2, -0.15) is 0 Å². The summed E-state index contributed by atoms with van der Waals surface area (Å²) >= 11 is 0. The molecule has 4 rings (SSSR count). The van der Waals surface area contributed by atoms with Gasteiger partial charge in [-0.05, 0) is 29.8 Å². The van der Waals surface area contributed by atoms with Crippen molar-refractivity contribution in [2.45, 2.75) is 0 Å². The normalized spacial score (nSPS) is 17.8. The van der Waals surface area contributed by atoms with E-state index in [-0.39, 0.29) is 18.4 Å². The van der Waals surface area contributed by atoms with E-state index in [1.807, 2.05) is 35.2 Å². The molecule has 2 heterocycles. The fraction of sp³-hybridized carbons (Fsp3) is 0.304. The molecule has 0 aromatic heterocycles. The first kappa shape index (κ1) is 20.1. The minimum atomic E-state index is -0.316. The molecule has 0 radical (unpaired) electrons. The third-order valence-electron chi connectivity index (χ3n) is 5.56. The summed E-state index contributed by atoms with van der Waals surface area (Å²) in [4.78, 5) is 32.3. The molecule has 2 aliphatic heterocycles. The molecule has 0 saturated carbocycles. The van der Waals surface area contributed by atoms with Crippen molar-refractivity contribution in [3.05, 3.63) is 65.9 Å². The lowest BCUT2D eigenvalue weighted by atomic mass is 10.0. The first-order chi connectivity index (χ1) is 14.6. The van der Waals surface area contributed by atoms with Crippen LogP contribution >= 0.6 is 0 Å². The van der Waals surface area contributed by atoms with E-state index in [0.717, 1.165) is 18.7 Å². The molecule has 7 heteroatoms. The summed E-state index contributed by atoms with van der Waals surface area (Å²) in [7, 11) is 1.57. The lowest BCUT2D eigenvalue weighted by Gasteiger charge is -2.36. The predicted molar refractivity (Wildman–Crippen MR) is 114 cm³/mol. The Morgan fingerprint density at radius 3 is 2.17 bits per heavy atom. The molecule has 0 unspecified atom stereocenters. The van der Waals surface area contributed by atoms with Crippen LogP contribution in [0.2, 0.25) is 0 Å². The van der Waals surface area contributed by atoms with Crippen LogP contribution in [0.25, 0.3) is 5.57 Å². The summed E-state index contributed by atoms with van der Waals surface area (Å²) in [6.07, 6.45) is 0. The Hall–Kier alpha value is -3.16. The van der Waals surface area contributed by atoms with Crippen molar-refractivity contribution in [3.63, 3.8) is 0 Å². The number of rotatable bonds is 6. The van der Waals surface area contributed by atoms with E-state index in [0.29, 0.717) is 42.3 Å². The Bertz CT molecular complexity index is 948. The highest BCUT2D eigenvalue weighted by Gasteiger charge is 2.42. The largest absolute Gasteiger partial charge is 0.497 e. The molecule has 156 valence electrons. The molecule has 2 amide bonds. The fourth-order valence-corrected chi connectivity index (χ4v) is 3.98. The van der Waals surface area contributed by atoms with Crippen LogP contribution in [0.5, 0.6) is 5.75 Å². The molecule has 0 aliphatic carbocycles. The second-order valence-electron chi connectivity index (χ2n) is 7.29. The van der Waals surface area contributed by atoms with Gasteiger partial charge in [-0.15, -0.1) is 0 Å². The average Bonchev–Trinajstić information content (AvgIpc) is 3.05. The summed E-state index contributed by atoms with van der Waals surface area (Å²) < 4.78 is 5.19. The number of ether oxygens (including phenoxy) is 1. The molecule has 0 bridgehead atoms. The minimum absolute atomic E-state index is 0.112. The summed E-state index contributed by atoms with van der Waals surface area (Å²) in [6.45, 7) is 3.44. The number of aliphatic hydroxyl groups excluding tert-OH is 1. The van der Waals surface area contributed by atoms with E-state index in [2.05, 4.69) is 4.90 Å². The van der Waals surface area contributed by atoms with Crippen LogP contribution in [0, 0.1) is 0 Å². The number of benzene rings is 2. The molecule has 2 aromatic rings. The van der Waals surface area contributed by atoms with Gasteiger partial charge in [0.15, 0.2) is 0 Å². The van der Waals surface area contributed by atoms with Crippen molar-refractivity contribution < 1.29 is 19.4 Å². The molecule has 0 atom stereocenters. The summed E-state index contributed by atoms with van der Waals surface area (Å²) in [5.74, 6) is 0.0399. The molecule has 1 N–H and O–H groups in total. The van der Waals surface area contributed by atoms with Gasteiger partial charge in [0, 0.05) is 32.7 Å². The van der Waals surface area contributed by atoms with Gasteiger partial charge in [0.2, 0.25) is 0 Å². The molecule has 2 aromatic carbocycles. The van der Waals surface area contributed by atoms with Crippen molar-refractivity contribution in [1.29, 1.82) is 0 Å². The number of anilines is 1. The van der Waals surface area contributed by atoms with Crippen molar-refractivity contribution in [2.75, 3.05) is 51.3 Å². The third-order valence-corrected chi connectivity index (χ3v) is 5.56. The molecule has 1 fully saturated rings. The van der Waals surface area contributed by atoms with Crippen LogP contribution in [-0.2, 0) is 9.59 Å². The van der Waals surface area contributed by atoms with Gasteiger partial charge in [-0.1, -0.05) is 30.3 Å². The standard InChI is InChI=1S/C23H25N3O4/c1-30-19-9-7-18(8-10-19)26-22(28)20(17-5-3-2-4-6-17)21(23(26)29)25-13-11-24(12-14-25)15-16-27/h2-10,27H,11-16H2,1H3. The number of piperazine rings is 1. The maximum atomic E-state index is 13.5. The van der Waals surface area contributed by atoms with Gasteiger partial charge in [0.25, 0.3) is 11.8 Å². The highest BCUT2D eigenvalue weighted by Crippen LogP contribution is 2.35. The van der Waals surface area contributed by atoms with Crippen LogP contribution in [-0.4, -0.2) is 73.2 Å². The predicted octanol–water partition coefficient (Wildman–Crippen LogP) is 1.59. The van der Waals surface area contributed by atoms with Gasteiger partial charge in [0.05, 0.1) is 25.0 Å². The number of hydrogen-bond donors (Lipinski definition) is 1. The lowest BCUT2D eigenvalue weighted by molar-refractivity contribution is -0.120. The van der Waals surface area contributed by atoms with E-state index in [9.17, 15) is 14.7 Å². The number of hydrogen-bond acceptors (Lipinski definition) is 6. The summed E-state index contributed by atoms with van der Waals surface area (Å²) in [5, 5.41) is 9.18. The highest BCUT2D eigenvalue weighted by molar-refractivity contribution is 6.45. The van der Waals surface area contributed by atoms with Gasteiger partial charge in [-0.25, -0.2) is 4.90 Å². The SMILES string of the molecule is COc1ccc(N2C(=O)C(c3ccccc3)=C(N3CCN(CCO)CC3)C2=O)cc1. The molecular weight excluding hydrogens is 382 g/mol. The van der Waals surface area contributed by atoms with E-state index in [1.54, 1.807) is 31.4 Å². The number of imide groups is 1. The van der Waals surface area contributed by atoms with Crippen molar-refractivity contribution in [3.8, 4) is 5.75 Å². The molecule has 2 aliphatic rings. The van der Waals surface area contributed by atoms with E-state index < -0.39 is 0 Å². The molecule has 0 spiro atoms. The Labute approximate surface area is 175 Å². The van der Waals surface area contributed by atoms with E-state index >= 15 is 0 Å². The number of carbonyl (C=O) groups excluding carboxylic acids is 2. The van der Waals surface area contributed by atoms with Gasteiger partial charge in [0.1, 0.15) is 11.4 Å². The number of aliphatic hydroxyl groups is 1. The molecular formula is C23H25N3O4. The smallest absolute Gasteiger partial charge is 0.282 e. The molecule has 30 heavy (non-hydrogen) atoms. The maximum absolute atomic E-state index is 13.5. The maximum Gasteiger partial charge on any atom is 0.282 e. The topological polar surface area (TPSA) is 73.3 Å². The second kappa shape index (κ2) is 8.69. The first-order valence-corrected chi connectivity index (χ1v) is 10.0. The van der Waals surface area contributed by atoms with Gasteiger partial charge < -0.3 is 14.7 Å². The molecule has 1 saturated heterocycles. The van der Waals surface area contributed by atoms with Crippen molar-refractivity contribution in [1.82, 2.24) is 9.80 Å². The minimum Gasteiger partial charge on any atom is -0.497 e. The fourth-order valence-electron chi connectivity index (χ4n) is 3.98. The summed E-state index contributed by atoms with van der Waals surface area (Å²) in [5.41, 5.74) is 2.14. The average molecular weight is 407 g/mol. The van der Waals surface area contributed by atoms with Gasteiger partial charge >= 0.3 is 0 Å². The Morgan fingerprint density at radius 1 is 0.900 bits per heavy atom. The quantitative estimate of drug-likeness (QED) is 0.734.